The summed E-state index contributed by atoms with van der Waals surface area (Å²) in [6, 6.07) is 0.822. The first-order valence-corrected chi connectivity index (χ1v) is 4.21. The van der Waals surface area contributed by atoms with Crippen molar-refractivity contribution in [2.24, 2.45) is 0 Å². The molecule has 0 aliphatic heterocycles. The standard InChI is InChI=1S/C9H3F3N2O3/c10-4-2-6(12)5(11)1-3(4)7-13-8(9(15)16)17-14-7/h1-2H,(H,15,16). The van der Waals surface area contributed by atoms with E-state index < -0.39 is 40.7 Å². The summed E-state index contributed by atoms with van der Waals surface area (Å²) in [5.41, 5.74) is -0.486. The molecule has 2 rings (SSSR count). The highest BCUT2D eigenvalue weighted by Gasteiger charge is 2.19. The van der Waals surface area contributed by atoms with Crippen LogP contribution in [0.1, 0.15) is 10.7 Å². The highest BCUT2D eigenvalue weighted by atomic mass is 19.2. The molecular formula is C9H3F3N2O3. The van der Waals surface area contributed by atoms with E-state index in [9.17, 15) is 18.0 Å². The summed E-state index contributed by atoms with van der Waals surface area (Å²) in [5.74, 6) is -6.55. The van der Waals surface area contributed by atoms with Gasteiger partial charge >= 0.3 is 11.9 Å². The van der Waals surface area contributed by atoms with Crippen LogP contribution >= 0.6 is 0 Å². The van der Waals surface area contributed by atoms with Crippen molar-refractivity contribution in [1.82, 2.24) is 10.1 Å². The normalized spacial score (nSPS) is 10.5. The molecule has 1 heterocycles. The van der Waals surface area contributed by atoms with Gasteiger partial charge in [0.05, 0.1) is 5.56 Å². The Morgan fingerprint density at radius 1 is 1.18 bits per heavy atom. The number of benzene rings is 1. The van der Waals surface area contributed by atoms with Crippen molar-refractivity contribution in [3.63, 3.8) is 0 Å². The molecule has 0 atom stereocenters. The molecule has 1 aromatic carbocycles. The largest absolute Gasteiger partial charge is 0.474 e. The first-order chi connectivity index (χ1) is 7.99. The Hall–Kier alpha value is -2.38. The molecule has 1 aromatic heterocycles. The predicted molar refractivity (Wildman–Crippen MR) is 46.6 cm³/mol. The van der Waals surface area contributed by atoms with Crippen LogP contribution in [-0.2, 0) is 0 Å². The Labute approximate surface area is 91.5 Å². The van der Waals surface area contributed by atoms with Crippen molar-refractivity contribution < 1.29 is 27.6 Å². The zero-order chi connectivity index (χ0) is 12.6. The lowest BCUT2D eigenvalue weighted by molar-refractivity contribution is 0.0643. The van der Waals surface area contributed by atoms with E-state index in [1.165, 1.54) is 0 Å². The third-order valence-electron chi connectivity index (χ3n) is 1.86. The van der Waals surface area contributed by atoms with Crippen LogP contribution in [0.2, 0.25) is 0 Å². The van der Waals surface area contributed by atoms with E-state index in [2.05, 4.69) is 14.7 Å². The maximum Gasteiger partial charge on any atom is 0.394 e. The SMILES string of the molecule is O=C(O)c1nc(-c2cc(F)c(F)cc2F)no1. The van der Waals surface area contributed by atoms with Crippen molar-refractivity contribution in [3.8, 4) is 11.4 Å². The van der Waals surface area contributed by atoms with Gasteiger partial charge in [-0.25, -0.2) is 18.0 Å². The molecule has 1 N–H and O–H groups in total. The molecule has 0 bridgehead atoms. The Morgan fingerprint density at radius 2 is 1.82 bits per heavy atom. The maximum absolute atomic E-state index is 13.3. The van der Waals surface area contributed by atoms with Crippen LogP contribution in [0.4, 0.5) is 13.2 Å². The van der Waals surface area contributed by atoms with Crippen LogP contribution in [0.15, 0.2) is 16.7 Å². The summed E-state index contributed by atoms with van der Waals surface area (Å²) in [6.07, 6.45) is 0. The topological polar surface area (TPSA) is 76.2 Å². The minimum absolute atomic E-state index is 0.307. The molecule has 0 fully saturated rings. The fourth-order valence-corrected chi connectivity index (χ4v) is 1.11. The van der Waals surface area contributed by atoms with Gasteiger partial charge in [0.25, 0.3) is 0 Å². The lowest BCUT2D eigenvalue weighted by Crippen LogP contribution is -1.96. The third kappa shape index (κ3) is 1.96. The second-order valence-electron chi connectivity index (χ2n) is 2.97. The molecule has 17 heavy (non-hydrogen) atoms. The lowest BCUT2D eigenvalue weighted by Gasteiger charge is -1.98. The summed E-state index contributed by atoms with van der Waals surface area (Å²) >= 11 is 0. The van der Waals surface area contributed by atoms with Gasteiger partial charge in [-0.2, -0.15) is 4.98 Å². The van der Waals surface area contributed by atoms with Crippen LogP contribution in [0.5, 0.6) is 0 Å². The van der Waals surface area contributed by atoms with Crippen LogP contribution in [0.3, 0.4) is 0 Å². The van der Waals surface area contributed by atoms with Gasteiger partial charge in [-0.1, -0.05) is 5.16 Å². The number of hydrogen-bond acceptors (Lipinski definition) is 4. The summed E-state index contributed by atoms with van der Waals surface area (Å²) in [7, 11) is 0. The van der Waals surface area contributed by atoms with E-state index in [1.54, 1.807) is 0 Å². The second kappa shape index (κ2) is 3.89. The zero-order valence-electron chi connectivity index (χ0n) is 7.95. The molecule has 0 radical (unpaired) electrons. The minimum Gasteiger partial charge on any atom is -0.474 e. The van der Waals surface area contributed by atoms with Gasteiger partial charge in [-0.15, -0.1) is 0 Å². The average Bonchev–Trinajstić information content (AvgIpc) is 2.72. The summed E-state index contributed by atoms with van der Waals surface area (Å²) < 4.78 is 43.0. The van der Waals surface area contributed by atoms with Crippen LogP contribution < -0.4 is 0 Å². The Balaban J connectivity index is 2.52. The molecule has 0 spiro atoms. The fourth-order valence-electron chi connectivity index (χ4n) is 1.11. The Kier molecular flexibility index (Phi) is 2.54. The predicted octanol–water partition coefficient (Wildman–Crippen LogP) is 1.85. The molecule has 0 saturated carbocycles. The number of rotatable bonds is 2. The third-order valence-corrected chi connectivity index (χ3v) is 1.86. The number of aromatic nitrogens is 2. The molecule has 2 aromatic rings. The summed E-state index contributed by atoms with van der Waals surface area (Å²) in [5, 5.41) is 11.6. The number of halogens is 3. The van der Waals surface area contributed by atoms with Crippen LogP contribution in [0, 0.1) is 17.5 Å². The van der Waals surface area contributed by atoms with E-state index in [4.69, 9.17) is 5.11 Å². The van der Waals surface area contributed by atoms with Gasteiger partial charge in [-0.05, 0) is 6.07 Å². The molecule has 88 valence electrons. The van der Waals surface area contributed by atoms with E-state index in [1.807, 2.05) is 0 Å². The first-order valence-electron chi connectivity index (χ1n) is 4.21. The van der Waals surface area contributed by atoms with E-state index in [0.29, 0.717) is 12.1 Å². The van der Waals surface area contributed by atoms with Crippen molar-refractivity contribution in [3.05, 3.63) is 35.5 Å². The first kappa shape index (κ1) is 11.1. The van der Waals surface area contributed by atoms with Gasteiger partial charge < -0.3 is 9.63 Å². The smallest absolute Gasteiger partial charge is 0.394 e. The highest BCUT2D eigenvalue weighted by molar-refractivity contribution is 5.82. The molecule has 0 aliphatic rings. The molecule has 0 saturated heterocycles. The van der Waals surface area contributed by atoms with Gasteiger partial charge in [0.2, 0.25) is 5.82 Å². The molecule has 0 unspecified atom stereocenters. The second-order valence-corrected chi connectivity index (χ2v) is 2.97. The van der Waals surface area contributed by atoms with Gasteiger partial charge in [0.15, 0.2) is 11.6 Å². The fraction of sp³-hybridized carbons (Fsp3) is 0. The van der Waals surface area contributed by atoms with E-state index >= 15 is 0 Å². The molecule has 8 heteroatoms. The quantitative estimate of drug-likeness (QED) is 0.816. The maximum atomic E-state index is 13.3. The van der Waals surface area contributed by atoms with Crippen molar-refractivity contribution >= 4 is 5.97 Å². The number of carboxylic acids is 1. The minimum atomic E-state index is -1.51. The van der Waals surface area contributed by atoms with Crippen molar-refractivity contribution in [2.45, 2.75) is 0 Å². The number of hydrogen-bond donors (Lipinski definition) is 1. The highest BCUT2D eigenvalue weighted by Crippen LogP contribution is 2.22. The Morgan fingerprint density at radius 3 is 2.41 bits per heavy atom. The number of nitrogens with zero attached hydrogens (tertiary/aromatic N) is 2. The number of carboxylic acid groups (broad SMARTS) is 1. The zero-order valence-corrected chi connectivity index (χ0v) is 7.95. The summed E-state index contributed by atoms with van der Waals surface area (Å²) in [6.45, 7) is 0. The number of carbonyl (C=O) groups is 1. The van der Waals surface area contributed by atoms with Gasteiger partial charge in [0.1, 0.15) is 5.82 Å². The van der Waals surface area contributed by atoms with Gasteiger partial charge in [0, 0.05) is 6.07 Å². The van der Waals surface area contributed by atoms with E-state index in [-0.39, 0.29) is 0 Å². The molecule has 0 aliphatic carbocycles. The molecular weight excluding hydrogens is 241 g/mol. The average molecular weight is 244 g/mol. The Bertz CT molecular complexity index is 597. The monoisotopic (exact) mass is 244 g/mol. The van der Waals surface area contributed by atoms with Gasteiger partial charge in [-0.3, -0.25) is 0 Å². The van der Waals surface area contributed by atoms with Crippen LogP contribution in [0.25, 0.3) is 11.4 Å². The van der Waals surface area contributed by atoms with Crippen LogP contribution in [-0.4, -0.2) is 21.2 Å². The van der Waals surface area contributed by atoms with Crippen molar-refractivity contribution in [2.75, 3.05) is 0 Å². The molecule has 5 nitrogen and oxygen atoms in total. The number of aromatic carboxylic acids is 1. The summed E-state index contributed by atoms with van der Waals surface area (Å²) in [4.78, 5) is 13.7. The van der Waals surface area contributed by atoms with E-state index in [0.717, 1.165) is 0 Å². The lowest BCUT2D eigenvalue weighted by atomic mass is 10.2. The molecule has 0 amide bonds. The van der Waals surface area contributed by atoms with Crippen molar-refractivity contribution in [1.29, 1.82) is 0 Å².